The second-order valence-corrected chi connectivity index (χ2v) is 11.0. The average Bonchev–Trinajstić information content (AvgIpc) is 2.83. The van der Waals surface area contributed by atoms with Gasteiger partial charge in [0.1, 0.15) is 0 Å². The highest BCUT2D eigenvalue weighted by Gasteiger charge is 2.41. The molecule has 2 fully saturated rings. The van der Waals surface area contributed by atoms with Crippen LogP contribution in [0.15, 0.2) is 72.8 Å². The molecular weight excluding hydrogens is 432 g/mol. The molecule has 0 spiro atoms. The number of esters is 1. The molecule has 2 aliphatic rings. The summed E-state index contributed by atoms with van der Waals surface area (Å²) in [5, 5.41) is 6.89. The Morgan fingerprint density at radius 3 is 2.17 bits per heavy atom. The van der Waals surface area contributed by atoms with E-state index in [2.05, 4.69) is 54.8 Å². The lowest BCUT2D eigenvalue weighted by Gasteiger charge is -2.47. The molecule has 2 atom stereocenters. The molecule has 0 radical (unpaired) electrons. The number of anilines is 4. The Balaban J connectivity index is 1.28. The smallest absolute Gasteiger partial charge is 0.339 e. The van der Waals surface area contributed by atoms with Gasteiger partial charge in [-0.3, -0.25) is 0 Å². The van der Waals surface area contributed by atoms with Crippen LogP contribution in [0.4, 0.5) is 22.7 Å². The van der Waals surface area contributed by atoms with Crippen molar-refractivity contribution < 1.29 is 9.53 Å². The molecule has 2 N–H and O–H groups in total. The minimum absolute atomic E-state index is 0.295. The zero-order valence-electron chi connectivity index (χ0n) is 21.0. The van der Waals surface area contributed by atoms with Gasteiger partial charge < -0.3 is 15.4 Å². The van der Waals surface area contributed by atoms with Gasteiger partial charge in [-0.2, -0.15) is 0 Å². The zero-order valence-corrected chi connectivity index (χ0v) is 21.0. The molecule has 0 heterocycles. The van der Waals surface area contributed by atoms with Crippen molar-refractivity contribution in [1.29, 1.82) is 0 Å². The van der Waals surface area contributed by atoms with Crippen LogP contribution < -0.4 is 10.6 Å². The molecular formula is C31H36N2O2. The molecule has 3 aromatic carbocycles. The average molecular weight is 469 g/mol. The number of carbonyl (C=O) groups excluding carboxylic acids is 1. The van der Waals surface area contributed by atoms with Crippen molar-refractivity contribution >= 4 is 28.7 Å². The van der Waals surface area contributed by atoms with E-state index in [-0.39, 0.29) is 5.97 Å². The molecule has 0 amide bonds. The predicted octanol–water partition coefficient (Wildman–Crippen LogP) is 8.06. The monoisotopic (exact) mass is 468 g/mol. The molecule has 0 saturated heterocycles. The Hall–Kier alpha value is -3.27. The van der Waals surface area contributed by atoms with Gasteiger partial charge in [-0.1, -0.05) is 44.2 Å². The molecule has 35 heavy (non-hydrogen) atoms. The summed E-state index contributed by atoms with van der Waals surface area (Å²) >= 11 is 0. The lowest BCUT2D eigenvalue weighted by molar-refractivity contribution is 0.0602. The topological polar surface area (TPSA) is 50.4 Å². The largest absolute Gasteiger partial charge is 0.465 e. The van der Waals surface area contributed by atoms with Gasteiger partial charge in [0.25, 0.3) is 0 Å². The van der Waals surface area contributed by atoms with Crippen molar-refractivity contribution in [2.75, 3.05) is 17.7 Å². The summed E-state index contributed by atoms with van der Waals surface area (Å²) in [6.45, 7) is 4.91. The first kappa shape index (κ1) is 23.5. The molecule has 2 aliphatic carbocycles. The summed E-state index contributed by atoms with van der Waals surface area (Å²) in [6.07, 6.45) is 6.89. The number of fused-ring (bicyclic) bond motifs is 2. The standard InChI is InChI=1S/C31H36N2O2/c1-21-15-22-17-23(16-21)20-31(2,19-22)24-11-13-25(14-12-24)32-26-7-6-8-27(18-26)33-29-10-5-4-9-28(29)30(34)35-3/h4-14,18,21-23,32-33H,15-17,19-20H2,1-3H3. The van der Waals surface area contributed by atoms with Gasteiger partial charge in [0.2, 0.25) is 0 Å². The Morgan fingerprint density at radius 1 is 0.829 bits per heavy atom. The van der Waals surface area contributed by atoms with Crippen LogP contribution >= 0.6 is 0 Å². The van der Waals surface area contributed by atoms with Gasteiger partial charge in [0.05, 0.1) is 18.4 Å². The molecule has 4 heteroatoms. The predicted molar refractivity (Wildman–Crippen MR) is 144 cm³/mol. The molecule has 0 aliphatic heterocycles. The second-order valence-electron chi connectivity index (χ2n) is 11.0. The molecule has 3 aromatic rings. The maximum atomic E-state index is 12.1. The van der Waals surface area contributed by atoms with Gasteiger partial charge in [-0.15, -0.1) is 0 Å². The third-order valence-electron chi connectivity index (χ3n) is 7.96. The fraction of sp³-hybridized carbons (Fsp3) is 0.387. The molecule has 2 unspecified atom stereocenters. The number of benzene rings is 3. The number of carbonyl (C=O) groups is 1. The van der Waals surface area contributed by atoms with Gasteiger partial charge in [-0.25, -0.2) is 4.79 Å². The van der Waals surface area contributed by atoms with E-state index in [1.54, 1.807) is 6.07 Å². The van der Waals surface area contributed by atoms with Crippen LogP contribution in [0.5, 0.6) is 0 Å². The van der Waals surface area contributed by atoms with E-state index in [9.17, 15) is 4.79 Å². The Labute approximate surface area is 209 Å². The van der Waals surface area contributed by atoms with E-state index in [0.29, 0.717) is 11.0 Å². The number of rotatable bonds is 6. The molecule has 5 rings (SSSR count). The number of ether oxygens (including phenoxy) is 1. The highest BCUT2D eigenvalue weighted by molar-refractivity contribution is 5.96. The Kier molecular flexibility index (Phi) is 6.55. The van der Waals surface area contributed by atoms with Crippen LogP contribution in [0.2, 0.25) is 0 Å². The Bertz CT molecular complexity index is 1170. The maximum absolute atomic E-state index is 12.1. The third-order valence-corrected chi connectivity index (χ3v) is 7.96. The van der Waals surface area contributed by atoms with E-state index >= 15 is 0 Å². The summed E-state index contributed by atoms with van der Waals surface area (Å²) in [6, 6.07) is 24.5. The number of hydrogen-bond acceptors (Lipinski definition) is 4. The summed E-state index contributed by atoms with van der Waals surface area (Å²) in [5.41, 5.74) is 5.98. The fourth-order valence-electron chi connectivity index (χ4n) is 6.66. The van der Waals surface area contributed by atoms with Gasteiger partial charge in [-0.05, 0) is 103 Å². The van der Waals surface area contributed by atoms with E-state index in [1.807, 2.05) is 36.4 Å². The van der Waals surface area contributed by atoms with Crippen molar-refractivity contribution in [3.05, 3.63) is 83.9 Å². The number of hydrogen-bond donors (Lipinski definition) is 2. The van der Waals surface area contributed by atoms with E-state index < -0.39 is 0 Å². The van der Waals surface area contributed by atoms with E-state index in [4.69, 9.17) is 4.74 Å². The number of para-hydroxylation sites is 1. The first-order valence-electron chi connectivity index (χ1n) is 12.8. The van der Waals surface area contributed by atoms with Crippen molar-refractivity contribution in [2.45, 2.75) is 51.4 Å². The highest BCUT2D eigenvalue weighted by atomic mass is 16.5. The summed E-state index contributed by atoms with van der Waals surface area (Å²) in [5.74, 6) is 2.32. The van der Waals surface area contributed by atoms with Crippen molar-refractivity contribution in [1.82, 2.24) is 0 Å². The third kappa shape index (κ3) is 5.22. The van der Waals surface area contributed by atoms with Crippen molar-refractivity contribution in [2.24, 2.45) is 17.8 Å². The van der Waals surface area contributed by atoms with Crippen LogP contribution in [-0.4, -0.2) is 13.1 Å². The fourth-order valence-corrected chi connectivity index (χ4v) is 6.66. The lowest BCUT2D eigenvalue weighted by Crippen LogP contribution is -2.38. The first-order valence-corrected chi connectivity index (χ1v) is 12.8. The molecule has 0 aromatic heterocycles. The van der Waals surface area contributed by atoms with Gasteiger partial charge >= 0.3 is 5.97 Å². The van der Waals surface area contributed by atoms with Crippen LogP contribution in [0, 0.1) is 17.8 Å². The first-order chi connectivity index (χ1) is 16.9. The lowest BCUT2D eigenvalue weighted by atomic mass is 9.57. The molecule has 182 valence electrons. The molecule has 2 saturated carbocycles. The molecule has 2 bridgehead atoms. The minimum Gasteiger partial charge on any atom is -0.465 e. The SMILES string of the molecule is COC(=O)c1ccccc1Nc1cccc(Nc2ccc(C3(C)CC4CC(C)CC(C4)C3)cc2)c1. The van der Waals surface area contributed by atoms with Crippen molar-refractivity contribution in [3.63, 3.8) is 0 Å². The van der Waals surface area contributed by atoms with Crippen LogP contribution in [0.1, 0.15) is 61.9 Å². The second kappa shape index (κ2) is 9.77. The quantitative estimate of drug-likeness (QED) is 0.359. The maximum Gasteiger partial charge on any atom is 0.339 e. The van der Waals surface area contributed by atoms with E-state index in [0.717, 1.165) is 40.5 Å². The van der Waals surface area contributed by atoms with Crippen LogP contribution in [0.3, 0.4) is 0 Å². The zero-order chi connectivity index (χ0) is 24.4. The summed E-state index contributed by atoms with van der Waals surface area (Å²) in [4.78, 5) is 12.1. The summed E-state index contributed by atoms with van der Waals surface area (Å²) in [7, 11) is 1.40. The normalized spacial score (nSPS) is 25.5. The van der Waals surface area contributed by atoms with Gasteiger partial charge in [0, 0.05) is 17.1 Å². The number of nitrogens with one attached hydrogen (secondary N) is 2. The van der Waals surface area contributed by atoms with Crippen molar-refractivity contribution in [3.8, 4) is 0 Å². The van der Waals surface area contributed by atoms with Crippen LogP contribution in [-0.2, 0) is 10.2 Å². The van der Waals surface area contributed by atoms with Gasteiger partial charge in [0.15, 0.2) is 0 Å². The highest BCUT2D eigenvalue weighted by Crippen LogP contribution is 2.51. The number of methoxy groups -OCH3 is 1. The minimum atomic E-state index is -0.354. The summed E-state index contributed by atoms with van der Waals surface area (Å²) < 4.78 is 4.91. The molecule has 4 nitrogen and oxygen atoms in total. The van der Waals surface area contributed by atoms with Crippen LogP contribution in [0.25, 0.3) is 0 Å². The van der Waals surface area contributed by atoms with E-state index in [1.165, 1.54) is 44.8 Å². The Morgan fingerprint density at radius 2 is 1.49 bits per heavy atom.